The molecule has 3 rings (SSSR count). The first-order chi connectivity index (χ1) is 13.3. The molecule has 8 heteroatoms. The fourth-order valence-corrected chi connectivity index (χ4v) is 4.18. The van der Waals surface area contributed by atoms with Crippen molar-refractivity contribution in [1.29, 1.82) is 0 Å². The molecule has 0 aliphatic rings. The Morgan fingerprint density at radius 3 is 2.50 bits per heavy atom. The van der Waals surface area contributed by atoms with Crippen LogP contribution in [0.2, 0.25) is 0 Å². The topological polar surface area (TPSA) is 82.6 Å². The Balaban J connectivity index is 2.05. The Morgan fingerprint density at radius 1 is 1.18 bits per heavy atom. The molecule has 0 amide bonds. The lowest BCUT2D eigenvalue weighted by Gasteiger charge is -2.15. The molecule has 0 fully saturated rings. The molecule has 148 valence electrons. The number of nitrogens with zero attached hydrogens (tertiary/aromatic N) is 3. The van der Waals surface area contributed by atoms with Crippen LogP contribution in [0.4, 0.5) is 5.69 Å². The van der Waals surface area contributed by atoms with Gasteiger partial charge in [-0.15, -0.1) is 11.3 Å². The Morgan fingerprint density at radius 2 is 1.89 bits per heavy atom. The normalized spacial score (nSPS) is 11.4. The lowest BCUT2D eigenvalue weighted by Crippen LogP contribution is -3.10. The minimum Gasteiger partial charge on any atom is -0.438 e. The van der Waals surface area contributed by atoms with Gasteiger partial charge in [-0.3, -0.25) is 10.1 Å². The molecule has 0 saturated carbocycles. The first kappa shape index (κ1) is 20.2. The zero-order valence-corrected chi connectivity index (χ0v) is 17.6. The second kappa shape index (κ2) is 8.20. The highest BCUT2D eigenvalue weighted by Gasteiger charge is 2.19. The van der Waals surface area contributed by atoms with Crippen molar-refractivity contribution >= 4 is 27.2 Å². The average molecular weight is 402 g/mol. The van der Waals surface area contributed by atoms with Crippen LogP contribution in [0.1, 0.15) is 35.7 Å². The highest BCUT2D eigenvalue weighted by atomic mass is 32.1. The molecule has 0 saturated heterocycles. The molecular formula is C20H25N4O3S+. The fraction of sp³-hybridized carbons (Fsp3) is 0.400. The van der Waals surface area contributed by atoms with Gasteiger partial charge in [0, 0.05) is 16.5 Å². The summed E-state index contributed by atoms with van der Waals surface area (Å²) in [5.41, 5.74) is 1.74. The van der Waals surface area contributed by atoms with Crippen LogP contribution in [0.25, 0.3) is 10.2 Å². The molecule has 0 atom stereocenters. The van der Waals surface area contributed by atoms with Crippen molar-refractivity contribution < 1.29 is 14.6 Å². The number of quaternary nitrogens is 1. The van der Waals surface area contributed by atoms with Gasteiger partial charge in [0.15, 0.2) is 5.82 Å². The predicted octanol–water partition coefficient (Wildman–Crippen LogP) is 3.74. The maximum Gasteiger partial charge on any atom is 0.272 e. The van der Waals surface area contributed by atoms with Gasteiger partial charge in [0.25, 0.3) is 5.69 Å². The van der Waals surface area contributed by atoms with E-state index >= 15 is 0 Å². The number of aryl methyl sites for hydroxylation is 3. The molecule has 0 aliphatic carbocycles. The molecule has 0 unspecified atom stereocenters. The van der Waals surface area contributed by atoms with Crippen molar-refractivity contribution in [2.45, 2.75) is 41.2 Å². The summed E-state index contributed by atoms with van der Waals surface area (Å²) in [5.74, 6) is 1.80. The molecule has 1 aromatic carbocycles. The summed E-state index contributed by atoms with van der Waals surface area (Å²) in [6.07, 6.45) is 0. The minimum atomic E-state index is -0.390. The molecule has 0 bridgehead atoms. The molecule has 2 aromatic heterocycles. The SMILES string of the molecule is CC[NH+](CC)Cc1nc(Oc2ccc([N+](=O)[O-])c(C)c2)c2c(C)c(C)sc2n1. The molecule has 28 heavy (non-hydrogen) atoms. The van der Waals surface area contributed by atoms with Gasteiger partial charge < -0.3 is 9.64 Å². The lowest BCUT2D eigenvalue weighted by molar-refractivity contribution is -0.910. The summed E-state index contributed by atoms with van der Waals surface area (Å²) in [6, 6.07) is 4.76. The van der Waals surface area contributed by atoms with E-state index in [9.17, 15) is 10.1 Å². The van der Waals surface area contributed by atoms with Crippen LogP contribution in [0.3, 0.4) is 0 Å². The standard InChI is InChI=1S/C20H24N4O3S/c1-6-23(7-2)11-17-21-19(18-13(4)14(5)28-20(18)22-17)27-15-8-9-16(24(25)26)12(3)10-15/h8-10H,6-7,11H2,1-5H3/p+1. The van der Waals surface area contributed by atoms with Crippen molar-refractivity contribution in [2.75, 3.05) is 13.1 Å². The number of nitro groups is 1. The fourth-order valence-electron chi connectivity index (χ4n) is 3.14. The van der Waals surface area contributed by atoms with Gasteiger partial charge in [-0.1, -0.05) is 0 Å². The summed E-state index contributed by atoms with van der Waals surface area (Å²) in [4.78, 5) is 23.6. The second-order valence-electron chi connectivity index (χ2n) is 6.85. The maximum atomic E-state index is 11.1. The van der Waals surface area contributed by atoms with E-state index < -0.39 is 0 Å². The molecule has 0 spiro atoms. The number of nitrogens with one attached hydrogen (secondary N) is 1. The van der Waals surface area contributed by atoms with Crippen LogP contribution in [0, 0.1) is 30.9 Å². The summed E-state index contributed by atoms with van der Waals surface area (Å²) in [6.45, 7) is 12.8. The van der Waals surface area contributed by atoms with E-state index in [2.05, 4.69) is 20.8 Å². The molecular weight excluding hydrogens is 376 g/mol. The third-order valence-electron chi connectivity index (χ3n) is 5.03. The van der Waals surface area contributed by atoms with E-state index in [-0.39, 0.29) is 10.6 Å². The highest BCUT2D eigenvalue weighted by Crippen LogP contribution is 2.37. The maximum absolute atomic E-state index is 11.1. The number of aromatic nitrogens is 2. The van der Waals surface area contributed by atoms with Crippen molar-refractivity contribution in [1.82, 2.24) is 9.97 Å². The van der Waals surface area contributed by atoms with Gasteiger partial charge in [-0.2, -0.15) is 4.98 Å². The number of thiophene rings is 1. The summed E-state index contributed by atoms with van der Waals surface area (Å²) >= 11 is 1.64. The Hall–Kier alpha value is -2.58. The van der Waals surface area contributed by atoms with Crippen LogP contribution >= 0.6 is 11.3 Å². The summed E-state index contributed by atoms with van der Waals surface area (Å²) in [7, 11) is 0. The van der Waals surface area contributed by atoms with Crippen LogP contribution < -0.4 is 9.64 Å². The number of fused-ring (bicyclic) bond motifs is 1. The van der Waals surface area contributed by atoms with Crippen LogP contribution in [0.5, 0.6) is 11.6 Å². The third-order valence-corrected chi connectivity index (χ3v) is 6.13. The van der Waals surface area contributed by atoms with Gasteiger partial charge in [0.1, 0.15) is 17.1 Å². The molecule has 2 heterocycles. The average Bonchev–Trinajstić information content (AvgIpc) is 2.93. The Kier molecular flexibility index (Phi) is 5.90. The quantitative estimate of drug-likeness (QED) is 0.482. The number of hydrogen-bond acceptors (Lipinski definition) is 6. The number of rotatable bonds is 7. The minimum absolute atomic E-state index is 0.0774. The van der Waals surface area contributed by atoms with Gasteiger partial charge >= 0.3 is 0 Å². The van der Waals surface area contributed by atoms with Crippen molar-refractivity contribution in [2.24, 2.45) is 0 Å². The first-order valence-electron chi connectivity index (χ1n) is 9.37. The molecule has 1 N–H and O–H groups in total. The lowest BCUT2D eigenvalue weighted by atomic mass is 10.2. The predicted molar refractivity (Wildman–Crippen MR) is 111 cm³/mol. The molecule has 0 radical (unpaired) electrons. The van der Waals surface area contributed by atoms with Crippen molar-refractivity contribution in [3.63, 3.8) is 0 Å². The number of benzene rings is 1. The van der Waals surface area contributed by atoms with Gasteiger partial charge in [-0.05, 0) is 52.3 Å². The summed E-state index contributed by atoms with van der Waals surface area (Å²) < 4.78 is 6.11. The van der Waals surface area contributed by atoms with Crippen LogP contribution in [-0.4, -0.2) is 28.0 Å². The highest BCUT2D eigenvalue weighted by molar-refractivity contribution is 7.18. The van der Waals surface area contributed by atoms with Gasteiger partial charge in [-0.25, -0.2) is 4.98 Å². The van der Waals surface area contributed by atoms with E-state index in [0.717, 1.165) is 41.2 Å². The first-order valence-corrected chi connectivity index (χ1v) is 10.2. The van der Waals surface area contributed by atoms with Gasteiger partial charge in [0.05, 0.1) is 23.4 Å². The number of ether oxygens (including phenoxy) is 1. The number of hydrogen-bond donors (Lipinski definition) is 1. The zero-order valence-electron chi connectivity index (χ0n) is 16.8. The van der Waals surface area contributed by atoms with Crippen molar-refractivity contribution in [3.05, 3.63) is 50.1 Å². The Labute approximate surface area is 168 Å². The van der Waals surface area contributed by atoms with Crippen LogP contribution in [0.15, 0.2) is 18.2 Å². The van der Waals surface area contributed by atoms with E-state index in [4.69, 9.17) is 14.7 Å². The third kappa shape index (κ3) is 3.98. The molecule has 7 nitrogen and oxygen atoms in total. The van der Waals surface area contributed by atoms with Gasteiger partial charge in [0.2, 0.25) is 5.88 Å². The largest absolute Gasteiger partial charge is 0.438 e. The molecule has 3 aromatic rings. The number of nitro benzene ring substituents is 1. The zero-order chi connectivity index (χ0) is 20.4. The van der Waals surface area contributed by atoms with Crippen molar-refractivity contribution in [3.8, 4) is 11.6 Å². The monoisotopic (exact) mass is 401 g/mol. The second-order valence-corrected chi connectivity index (χ2v) is 8.05. The Bertz CT molecular complexity index is 1030. The summed E-state index contributed by atoms with van der Waals surface area (Å²) in [5, 5.41) is 12.0. The smallest absolute Gasteiger partial charge is 0.272 e. The molecule has 0 aliphatic heterocycles. The van der Waals surface area contributed by atoms with E-state index in [1.54, 1.807) is 30.4 Å². The van der Waals surface area contributed by atoms with E-state index in [1.807, 2.05) is 6.92 Å². The van der Waals surface area contributed by atoms with E-state index in [0.29, 0.717) is 17.2 Å². The van der Waals surface area contributed by atoms with Crippen LogP contribution in [-0.2, 0) is 6.54 Å². The van der Waals surface area contributed by atoms with E-state index in [1.165, 1.54) is 15.8 Å².